The Balaban J connectivity index is 1.27. The molecular weight excluding hydrogens is 312 g/mol. The Morgan fingerprint density at radius 3 is 2.57 bits per heavy atom. The molecule has 1 heterocycles. The zero-order valence-electron chi connectivity index (χ0n) is 13.9. The van der Waals surface area contributed by atoms with E-state index in [2.05, 4.69) is 10.0 Å². The van der Waals surface area contributed by atoms with Crippen LogP contribution in [-0.2, 0) is 14.8 Å². The number of fused-ring (bicyclic) bond motifs is 2. The smallest absolute Gasteiger partial charge is 0.212 e. The largest absolute Gasteiger partial charge is 0.377 e. The summed E-state index contributed by atoms with van der Waals surface area (Å²) >= 11 is 0. The lowest BCUT2D eigenvalue weighted by Crippen LogP contribution is -2.67. The number of rotatable bonds is 7. The van der Waals surface area contributed by atoms with Crippen molar-refractivity contribution >= 4 is 10.0 Å². The quantitative estimate of drug-likeness (QED) is 0.738. The Morgan fingerprint density at radius 1 is 1.09 bits per heavy atom. The Labute approximate surface area is 140 Å². The molecule has 1 saturated heterocycles. The highest BCUT2D eigenvalue weighted by atomic mass is 32.2. The normalized spacial score (nSPS) is 35.9. The van der Waals surface area contributed by atoms with Crippen molar-refractivity contribution in [3.63, 3.8) is 0 Å². The topological polar surface area (TPSA) is 67.4 Å². The van der Waals surface area contributed by atoms with E-state index >= 15 is 0 Å². The summed E-state index contributed by atoms with van der Waals surface area (Å²) in [6.07, 6.45) is 10.3. The number of hydrogen-bond acceptors (Lipinski definition) is 4. The minimum atomic E-state index is -3.13. The van der Waals surface area contributed by atoms with Crippen LogP contribution in [0.3, 0.4) is 0 Å². The second-order valence-corrected chi connectivity index (χ2v) is 10.0. The van der Waals surface area contributed by atoms with E-state index in [0.717, 1.165) is 13.0 Å². The van der Waals surface area contributed by atoms with Crippen LogP contribution in [-0.4, -0.2) is 46.0 Å². The molecule has 2 N–H and O–H groups in total. The first-order valence-electron chi connectivity index (χ1n) is 9.43. The minimum Gasteiger partial charge on any atom is -0.377 e. The fourth-order valence-electron chi connectivity index (χ4n) is 5.37. The lowest BCUT2D eigenvalue weighted by Gasteiger charge is -2.57. The molecule has 1 spiro atoms. The Hall–Kier alpha value is -0.170. The summed E-state index contributed by atoms with van der Waals surface area (Å²) in [5.41, 5.74) is 0.310. The second kappa shape index (κ2) is 6.28. The van der Waals surface area contributed by atoms with E-state index in [1.165, 1.54) is 44.9 Å². The van der Waals surface area contributed by atoms with Gasteiger partial charge in [-0.1, -0.05) is 19.3 Å². The molecule has 3 atom stereocenters. The number of nitrogens with one attached hydrogen (secondary N) is 2. The highest BCUT2D eigenvalue weighted by Gasteiger charge is 2.64. The SMILES string of the molecule is O=S(=O)(CCN[C@@H]1[C@@H]2CCO[C@@H]2C12CCCC2)NCC1CCC1. The van der Waals surface area contributed by atoms with E-state index in [1.807, 2.05) is 0 Å². The molecule has 6 heteroatoms. The molecule has 0 radical (unpaired) electrons. The summed E-state index contributed by atoms with van der Waals surface area (Å²) in [5, 5.41) is 3.60. The zero-order chi connectivity index (χ0) is 15.9. The first kappa shape index (κ1) is 16.3. The summed E-state index contributed by atoms with van der Waals surface area (Å²) < 4.78 is 33.0. The van der Waals surface area contributed by atoms with Gasteiger partial charge in [0, 0.05) is 37.1 Å². The third-order valence-corrected chi connectivity index (χ3v) is 8.19. The van der Waals surface area contributed by atoms with Gasteiger partial charge in [0.05, 0.1) is 11.9 Å². The highest BCUT2D eigenvalue weighted by molar-refractivity contribution is 7.89. The van der Waals surface area contributed by atoms with Gasteiger partial charge in [-0.25, -0.2) is 13.1 Å². The maximum absolute atomic E-state index is 12.1. The molecule has 0 aromatic rings. The molecule has 3 saturated carbocycles. The number of ether oxygens (including phenoxy) is 1. The minimum absolute atomic E-state index is 0.199. The van der Waals surface area contributed by atoms with Crippen molar-refractivity contribution in [3.05, 3.63) is 0 Å². The van der Waals surface area contributed by atoms with Crippen molar-refractivity contribution in [2.24, 2.45) is 17.3 Å². The van der Waals surface area contributed by atoms with E-state index in [0.29, 0.717) is 42.5 Å². The van der Waals surface area contributed by atoms with Crippen LogP contribution in [0.25, 0.3) is 0 Å². The molecule has 0 aromatic carbocycles. The predicted molar refractivity (Wildman–Crippen MR) is 89.7 cm³/mol. The van der Waals surface area contributed by atoms with E-state index in [-0.39, 0.29) is 5.75 Å². The summed E-state index contributed by atoms with van der Waals surface area (Å²) in [4.78, 5) is 0. The van der Waals surface area contributed by atoms with Gasteiger partial charge in [0.2, 0.25) is 10.0 Å². The third-order valence-electron chi connectivity index (χ3n) is 6.84. The van der Waals surface area contributed by atoms with Gasteiger partial charge in [-0.15, -0.1) is 0 Å². The molecule has 132 valence electrons. The Kier molecular flexibility index (Phi) is 4.45. The predicted octanol–water partition coefficient (Wildman–Crippen LogP) is 1.64. The second-order valence-electron chi connectivity index (χ2n) is 8.08. The van der Waals surface area contributed by atoms with Gasteiger partial charge in [-0.3, -0.25) is 0 Å². The first-order chi connectivity index (χ1) is 11.1. The number of hydrogen-bond donors (Lipinski definition) is 2. The van der Waals surface area contributed by atoms with Gasteiger partial charge >= 0.3 is 0 Å². The van der Waals surface area contributed by atoms with E-state index in [9.17, 15) is 8.42 Å². The average molecular weight is 343 g/mol. The van der Waals surface area contributed by atoms with Crippen molar-refractivity contribution in [1.82, 2.24) is 10.0 Å². The van der Waals surface area contributed by atoms with Crippen LogP contribution in [0.2, 0.25) is 0 Å². The van der Waals surface area contributed by atoms with Gasteiger partial charge in [0.15, 0.2) is 0 Å². The van der Waals surface area contributed by atoms with Crippen LogP contribution in [0.15, 0.2) is 0 Å². The monoisotopic (exact) mass is 342 g/mol. The molecule has 4 fully saturated rings. The number of sulfonamides is 1. The fraction of sp³-hybridized carbons (Fsp3) is 1.00. The molecule has 1 aliphatic heterocycles. The molecule has 5 nitrogen and oxygen atoms in total. The zero-order valence-corrected chi connectivity index (χ0v) is 14.7. The fourth-order valence-corrected chi connectivity index (χ4v) is 6.39. The van der Waals surface area contributed by atoms with Gasteiger partial charge < -0.3 is 10.1 Å². The van der Waals surface area contributed by atoms with Gasteiger partial charge in [0.25, 0.3) is 0 Å². The van der Waals surface area contributed by atoms with E-state index in [1.54, 1.807) is 0 Å². The summed E-state index contributed by atoms with van der Waals surface area (Å²) in [7, 11) is -3.13. The molecule has 0 bridgehead atoms. The highest BCUT2D eigenvalue weighted by Crippen LogP contribution is 2.60. The lowest BCUT2D eigenvalue weighted by molar-refractivity contribution is -0.129. The van der Waals surface area contributed by atoms with Crippen LogP contribution in [0.1, 0.15) is 51.4 Å². The molecule has 0 amide bonds. The van der Waals surface area contributed by atoms with E-state index < -0.39 is 10.0 Å². The van der Waals surface area contributed by atoms with Gasteiger partial charge in [0.1, 0.15) is 0 Å². The van der Waals surface area contributed by atoms with Crippen LogP contribution in [0, 0.1) is 17.3 Å². The van der Waals surface area contributed by atoms with Crippen LogP contribution < -0.4 is 10.0 Å². The van der Waals surface area contributed by atoms with Crippen molar-refractivity contribution < 1.29 is 13.2 Å². The average Bonchev–Trinajstić information content (AvgIpc) is 3.10. The molecule has 4 rings (SSSR count). The maximum atomic E-state index is 12.1. The van der Waals surface area contributed by atoms with Gasteiger partial charge in [-0.05, 0) is 38.0 Å². The molecule has 23 heavy (non-hydrogen) atoms. The van der Waals surface area contributed by atoms with Crippen LogP contribution >= 0.6 is 0 Å². The molecule has 4 aliphatic rings. The first-order valence-corrected chi connectivity index (χ1v) is 11.1. The lowest BCUT2D eigenvalue weighted by atomic mass is 9.54. The van der Waals surface area contributed by atoms with Crippen molar-refractivity contribution in [3.8, 4) is 0 Å². The standard InChI is InChI=1S/C17H30N2O3S/c20-23(21,19-12-13-4-3-5-13)11-9-18-15-14-6-10-22-16(14)17(15)7-1-2-8-17/h13-16,18-19H,1-12H2/t14-,15+,16-/m0/s1. The molecule has 3 aliphatic carbocycles. The molecule has 0 aromatic heterocycles. The van der Waals surface area contributed by atoms with E-state index in [4.69, 9.17) is 4.74 Å². The van der Waals surface area contributed by atoms with Gasteiger partial charge in [-0.2, -0.15) is 0 Å². The van der Waals surface area contributed by atoms with Crippen molar-refractivity contribution in [1.29, 1.82) is 0 Å². The maximum Gasteiger partial charge on any atom is 0.212 e. The summed E-state index contributed by atoms with van der Waals surface area (Å²) in [6.45, 7) is 2.08. The Morgan fingerprint density at radius 2 is 1.87 bits per heavy atom. The Bertz CT molecular complexity index is 526. The van der Waals surface area contributed by atoms with Crippen LogP contribution in [0.5, 0.6) is 0 Å². The molecule has 0 unspecified atom stereocenters. The molecular formula is C17H30N2O3S. The third kappa shape index (κ3) is 2.96. The van der Waals surface area contributed by atoms with Crippen molar-refractivity contribution in [2.75, 3.05) is 25.4 Å². The van der Waals surface area contributed by atoms with Crippen LogP contribution in [0.4, 0.5) is 0 Å². The van der Waals surface area contributed by atoms with Crippen molar-refractivity contribution in [2.45, 2.75) is 63.5 Å². The summed E-state index contributed by atoms with van der Waals surface area (Å²) in [5.74, 6) is 1.38. The summed E-state index contributed by atoms with van der Waals surface area (Å²) in [6, 6.07) is 0.472.